The summed E-state index contributed by atoms with van der Waals surface area (Å²) in [5.74, 6) is -0.0191. The average Bonchev–Trinajstić information content (AvgIpc) is 2.34. The fourth-order valence-corrected chi connectivity index (χ4v) is 1.08. The monoisotopic (exact) mass is 247 g/mol. The molecule has 4 nitrogen and oxygen atoms in total. The zero-order valence-corrected chi connectivity index (χ0v) is 11.9. The molecule has 0 bridgehead atoms. The van der Waals surface area contributed by atoms with Gasteiger partial charge in [-0.15, -0.1) is 0 Å². The molecule has 0 unspecified atom stereocenters. The van der Waals surface area contributed by atoms with Crippen molar-refractivity contribution >= 4 is 5.91 Å². The van der Waals surface area contributed by atoms with Gasteiger partial charge in [0.15, 0.2) is 0 Å². The molecule has 4 heteroatoms. The van der Waals surface area contributed by atoms with Crippen LogP contribution in [0.5, 0.6) is 0 Å². The van der Waals surface area contributed by atoms with E-state index < -0.39 is 0 Å². The van der Waals surface area contributed by atoms with E-state index in [0.29, 0.717) is 26.4 Å². The predicted molar refractivity (Wildman–Crippen MR) is 71.2 cm³/mol. The van der Waals surface area contributed by atoms with Gasteiger partial charge in [0, 0.05) is 20.1 Å². The minimum Gasteiger partial charge on any atom is -0.379 e. The molecule has 0 saturated heterocycles. The summed E-state index contributed by atoms with van der Waals surface area (Å²) >= 11 is 0. The van der Waals surface area contributed by atoms with Crippen LogP contribution in [0.3, 0.4) is 0 Å². The van der Waals surface area contributed by atoms with Gasteiger partial charge in [0.1, 0.15) is 0 Å². The summed E-state index contributed by atoms with van der Waals surface area (Å²) in [5.41, 5.74) is 0. The fourth-order valence-electron chi connectivity index (χ4n) is 1.08. The Labute approximate surface area is 106 Å². The topological polar surface area (TPSA) is 47.6 Å². The highest BCUT2D eigenvalue weighted by Gasteiger charge is 1.92. The Bertz CT molecular complexity index is 152. The first-order chi connectivity index (χ1) is 8.27. The molecule has 0 saturated carbocycles. The molecule has 1 N–H and O–H groups in total. The first-order valence-electron chi connectivity index (χ1n) is 6.67. The summed E-state index contributed by atoms with van der Waals surface area (Å²) in [6.07, 6.45) is 3.57. The number of ether oxygens (including phenoxy) is 2. The molecule has 0 aromatic rings. The van der Waals surface area contributed by atoms with E-state index in [1.807, 2.05) is 13.8 Å². The second-order valence-corrected chi connectivity index (χ2v) is 3.41. The van der Waals surface area contributed by atoms with Crippen molar-refractivity contribution in [2.24, 2.45) is 0 Å². The Morgan fingerprint density at radius 2 is 1.59 bits per heavy atom. The third-order valence-corrected chi connectivity index (χ3v) is 1.88. The Kier molecular flexibility index (Phi) is 19.6. The molecule has 0 atom stereocenters. The first-order valence-corrected chi connectivity index (χ1v) is 6.67. The van der Waals surface area contributed by atoms with Gasteiger partial charge in [-0.1, -0.05) is 33.6 Å². The highest BCUT2D eigenvalue weighted by atomic mass is 16.5. The lowest BCUT2D eigenvalue weighted by molar-refractivity contribution is -0.119. The molecule has 0 heterocycles. The van der Waals surface area contributed by atoms with Crippen molar-refractivity contribution < 1.29 is 14.3 Å². The summed E-state index contributed by atoms with van der Waals surface area (Å²) in [4.78, 5) is 10.5. The molecule has 0 aliphatic rings. The van der Waals surface area contributed by atoms with Crippen LogP contribution in [0.15, 0.2) is 0 Å². The number of hydrogen-bond acceptors (Lipinski definition) is 3. The lowest BCUT2D eigenvalue weighted by Crippen LogP contribution is -2.24. The van der Waals surface area contributed by atoms with E-state index in [9.17, 15) is 4.79 Å². The SMILES string of the molecule is CC.CCCCCOCCOCCNC(C)=O. The second-order valence-electron chi connectivity index (χ2n) is 3.41. The van der Waals surface area contributed by atoms with Crippen molar-refractivity contribution in [3.05, 3.63) is 0 Å². The molecular weight excluding hydrogens is 218 g/mol. The first kappa shape index (κ1) is 18.7. The lowest BCUT2D eigenvalue weighted by Gasteiger charge is -2.05. The maximum Gasteiger partial charge on any atom is 0.216 e. The van der Waals surface area contributed by atoms with E-state index in [1.54, 1.807) is 0 Å². The number of amides is 1. The van der Waals surface area contributed by atoms with E-state index in [2.05, 4.69) is 12.2 Å². The van der Waals surface area contributed by atoms with Crippen LogP contribution < -0.4 is 5.32 Å². The van der Waals surface area contributed by atoms with Crippen LogP contribution in [-0.2, 0) is 14.3 Å². The van der Waals surface area contributed by atoms with Gasteiger partial charge in [0.05, 0.1) is 19.8 Å². The summed E-state index contributed by atoms with van der Waals surface area (Å²) < 4.78 is 10.6. The van der Waals surface area contributed by atoms with E-state index >= 15 is 0 Å². The molecule has 0 aliphatic heterocycles. The molecular formula is C13H29NO3. The van der Waals surface area contributed by atoms with E-state index in [0.717, 1.165) is 13.0 Å². The molecule has 0 fully saturated rings. The minimum absolute atomic E-state index is 0.0191. The van der Waals surface area contributed by atoms with Crippen LogP contribution in [0.1, 0.15) is 47.0 Å². The van der Waals surface area contributed by atoms with Gasteiger partial charge >= 0.3 is 0 Å². The van der Waals surface area contributed by atoms with Crippen LogP contribution in [0.2, 0.25) is 0 Å². The standard InChI is InChI=1S/C11H23NO3.C2H6/c1-3-4-5-7-14-9-10-15-8-6-12-11(2)13;1-2/h3-10H2,1-2H3,(H,12,13);1-2H3. The minimum atomic E-state index is -0.0191. The number of rotatable bonds is 10. The van der Waals surface area contributed by atoms with Crippen molar-refractivity contribution in [2.75, 3.05) is 33.0 Å². The van der Waals surface area contributed by atoms with E-state index in [4.69, 9.17) is 9.47 Å². The normalized spacial score (nSPS) is 9.41. The quantitative estimate of drug-likeness (QED) is 0.603. The largest absolute Gasteiger partial charge is 0.379 e. The number of nitrogens with one attached hydrogen (secondary N) is 1. The van der Waals surface area contributed by atoms with Gasteiger partial charge in [-0.25, -0.2) is 0 Å². The van der Waals surface area contributed by atoms with Crippen LogP contribution in [0.4, 0.5) is 0 Å². The smallest absolute Gasteiger partial charge is 0.216 e. The number of carbonyl (C=O) groups is 1. The zero-order chi connectivity index (χ0) is 13.4. The third-order valence-electron chi connectivity index (χ3n) is 1.88. The number of hydrogen-bond donors (Lipinski definition) is 1. The van der Waals surface area contributed by atoms with Gasteiger partial charge in [0.2, 0.25) is 5.91 Å². The van der Waals surface area contributed by atoms with E-state index in [1.165, 1.54) is 19.8 Å². The van der Waals surface area contributed by atoms with Gasteiger partial charge in [-0.05, 0) is 6.42 Å². The summed E-state index contributed by atoms with van der Waals surface area (Å²) in [7, 11) is 0. The maximum absolute atomic E-state index is 10.5. The zero-order valence-electron chi connectivity index (χ0n) is 11.9. The molecule has 0 radical (unpaired) electrons. The number of unbranched alkanes of at least 4 members (excludes halogenated alkanes) is 2. The van der Waals surface area contributed by atoms with E-state index in [-0.39, 0.29) is 5.91 Å². The Hall–Kier alpha value is -0.610. The molecule has 17 heavy (non-hydrogen) atoms. The maximum atomic E-state index is 10.5. The van der Waals surface area contributed by atoms with Crippen molar-refractivity contribution in [1.29, 1.82) is 0 Å². The van der Waals surface area contributed by atoms with Crippen molar-refractivity contribution in [2.45, 2.75) is 47.0 Å². The van der Waals surface area contributed by atoms with Crippen LogP contribution in [0.25, 0.3) is 0 Å². The Morgan fingerprint density at radius 1 is 1.00 bits per heavy atom. The summed E-state index contributed by atoms with van der Waals surface area (Å²) in [5, 5.41) is 2.66. The van der Waals surface area contributed by atoms with Crippen LogP contribution in [-0.4, -0.2) is 38.9 Å². The molecule has 0 spiro atoms. The lowest BCUT2D eigenvalue weighted by atomic mass is 10.3. The summed E-state index contributed by atoms with van der Waals surface area (Å²) in [6.45, 7) is 10.9. The molecule has 104 valence electrons. The van der Waals surface area contributed by atoms with Crippen LogP contribution in [0, 0.1) is 0 Å². The number of carbonyl (C=O) groups excluding carboxylic acids is 1. The highest BCUT2D eigenvalue weighted by molar-refractivity contribution is 5.72. The van der Waals surface area contributed by atoms with Crippen molar-refractivity contribution in [3.63, 3.8) is 0 Å². The second kappa shape index (κ2) is 17.8. The van der Waals surface area contributed by atoms with Gasteiger partial charge in [-0.3, -0.25) is 4.79 Å². The molecule has 0 aromatic carbocycles. The highest BCUT2D eigenvalue weighted by Crippen LogP contribution is 1.93. The molecule has 0 aliphatic carbocycles. The third kappa shape index (κ3) is 21.3. The predicted octanol–water partition coefficient (Wildman–Crippen LogP) is 2.37. The molecule has 1 amide bonds. The van der Waals surface area contributed by atoms with Gasteiger partial charge in [-0.2, -0.15) is 0 Å². The van der Waals surface area contributed by atoms with Crippen LogP contribution >= 0.6 is 0 Å². The van der Waals surface area contributed by atoms with Crippen molar-refractivity contribution in [1.82, 2.24) is 5.32 Å². The Balaban J connectivity index is 0. The summed E-state index contributed by atoms with van der Waals surface area (Å²) in [6, 6.07) is 0. The van der Waals surface area contributed by atoms with Gasteiger partial charge < -0.3 is 14.8 Å². The Morgan fingerprint density at radius 3 is 2.12 bits per heavy atom. The fraction of sp³-hybridized carbons (Fsp3) is 0.923. The molecule has 0 rings (SSSR count). The van der Waals surface area contributed by atoms with Gasteiger partial charge in [0.25, 0.3) is 0 Å². The average molecular weight is 247 g/mol. The van der Waals surface area contributed by atoms with Crippen molar-refractivity contribution in [3.8, 4) is 0 Å². The molecule has 0 aromatic heterocycles.